The topological polar surface area (TPSA) is 80.2 Å². The van der Waals surface area contributed by atoms with Gasteiger partial charge in [-0.15, -0.1) is 0 Å². The molecule has 32 heavy (non-hydrogen) atoms. The fourth-order valence-electron chi connectivity index (χ4n) is 3.57. The Labute approximate surface area is 185 Å². The summed E-state index contributed by atoms with van der Waals surface area (Å²) in [5, 5.41) is 3.68. The first-order chi connectivity index (χ1) is 15.2. The van der Waals surface area contributed by atoms with E-state index in [1.807, 2.05) is 24.3 Å². The number of benzene rings is 3. The third-order valence-corrected chi connectivity index (χ3v) is 5.71. The second-order valence-electron chi connectivity index (χ2n) is 7.62. The van der Waals surface area contributed by atoms with Crippen molar-refractivity contribution in [3.8, 4) is 0 Å². The van der Waals surface area contributed by atoms with Crippen LogP contribution in [0.2, 0.25) is 0 Å². The predicted octanol–water partition coefficient (Wildman–Crippen LogP) is 4.76. The van der Waals surface area contributed by atoms with Crippen LogP contribution in [0.1, 0.15) is 21.6 Å². The van der Waals surface area contributed by atoms with E-state index in [0.29, 0.717) is 22.6 Å². The summed E-state index contributed by atoms with van der Waals surface area (Å²) in [6.45, 7) is 1.96. The summed E-state index contributed by atoms with van der Waals surface area (Å²) in [7, 11) is -3.46. The number of carbonyl (C=O) groups excluding carboxylic acids is 1. The largest absolute Gasteiger partial charge is 0.332 e. The molecule has 0 bridgehead atoms. The molecule has 0 atom stereocenters. The van der Waals surface area contributed by atoms with Gasteiger partial charge in [-0.3, -0.25) is 9.52 Å². The number of para-hydroxylation sites is 1. The average Bonchev–Trinajstić information content (AvgIpc) is 3.10. The van der Waals surface area contributed by atoms with Gasteiger partial charge in [-0.1, -0.05) is 42.5 Å². The van der Waals surface area contributed by atoms with Crippen LogP contribution in [-0.4, -0.2) is 25.1 Å². The summed E-state index contributed by atoms with van der Waals surface area (Å²) in [6.07, 6.45) is 1.07. The van der Waals surface area contributed by atoms with Gasteiger partial charge in [-0.05, 0) is 42.8 Å². The number of sulfonamides is 1. The second kappa shape index (κ2) is 8.47. The zero-order valence-electron chi connectivity index (χ0n) is 17.6. The molecule has 0 aliphatic carbocycles. The van der Waals surface area contributed by atoms with Gasteiger partial charge in [0.15, 0.2) is 0 Å². The van der Waals surface area contributed by atoms with Crippen LogP contribution in [0, 0.1) is 12.7 Å². The normalized spacial score (nSPS) is 11.5. The lowest BCUT2D eigenvalue weighted by molar-refractivity contribution is 0.101. The van der Waals surface area contributed by atoms with Gasteiger partial charge in [0.2, 0.25) is 10.0 Å². The zero-order valence-corrected chi connectivity index (χ0v) is 18.4. The highest BCUT2D eigenvalue weighted by molar-refractivity contribution is 7.92. The van der Waals surface area contributed by atoms with Gasteiger partial charge in [0, 0.05) is 22.2 Å². The first-order valence-electron chi connectivity index (χ1n) is 9.93. The lowest BCUT2D eigenvalue weighted by Gasteiger charge is -2.13. The molecule has 0 radical (unpaired) electrons. The van der Waals surface area contributed by atoms with Crippen LogP contribution in [0.15, 0.2) is 72.8 Å². The second-order valence-corrected chi connectivity index (χ2v) is 9.37. The Hall–Kier alpha value is -3.65. The number of hydrogen-bond acceptors (Lipinski definition) is 3. The standard InChI is InChI=1S/C24H22FN3O3S/c1-16-11-12-19(14-21(16)27-32(2,30)31)26-24(29)23-13-17-7-4-6-10-22(17)28(23)15-18-8-3-5-9-20(18)25/h3-14,27H,15H2,1-2H3,(H,26,29). The lowest BCUT2D eigenvalue weighted by Crippen LogP contribution is -2.18. The number of anilines is 2. The van der Waals surface area contributed by atoms with E-state index in [4.69, 9.17) is 0 Å². The number of aromatic nitrogens is 1. The average molecular weight is 452 g/mol. The van der Waals surface area contributed by atoms with Crippen LogP contribution in [-0.2, 0) is 16.6 Å². The number of nitrogens with one attached hydrogen (secondary N) is 2. The molecule has 164 valence electrons. The summed E-state index contributed by atoms with van der Waals surface area (Å²) < 4.78 is 41.8. The van der Waals surface area contributed by atoms with Crippen molar-refractivity contribution in [2.24, 2.45) is 0 Å². The molecule has 0 aliphatic rings. The molecule has 0 spiro atoms. The number of amides is 1. The highest BCUT2D eigenvalue weighted by Crippen LogP contribution is 2.25. The molecule has 0 unspecified atom stereocenters. The number of nitrogens with zero attached hydrogens (tertiary/aromatic N) is 1. The molecule has 1 heterocycles. The maximum atomic E-state index is 14.3. The van der Waals surface area contributed by atoms with Crippen molar-refractivity contribution < 1.29 is 17.6 Å². The number of halogens is 1. The minimum atomic E-state index is -3.46. The lowest BCUT2D eigenvalue weighted by atomic mass is 10.2. The summed E-state index contributed by atoms with van der Waals surface area (Å²) in [4.78, 5) is 13.2. The number of rotatable bonds is 6. The first kappa shape index (κ1) is 21.6. The van der Waals surface area contributed by atoms with Gasteiger partial charge in [-0.2, -0.15) is 0 Å². The van der Waals surface area contributed by atoms with Crippen molar-refractivity contribution in [3.63, 3.8) is 0 Å². The number of aryl methyl sites for hydroxylation is 1. The SMILES string of the molecule is Cc1ccc(NC(=O)c2cc3ccccc3n2Cc2ccccc2F)cc1NS(C)(=O)=O. The highest BCUT2D eigenvalue weighted by atomic mass is 32.2. The van der Waals surface area contributed by atoms with Gasteiger partial charge < -0.3 is 9.88 Å². The molecule has 8 heteroatoms. The van der Waals surface area contributed by atoms with Crippen LogP contribution in [0.4, 0.5) is 15.8 Å². The van der Waals surface area contributed by atoms with Gasteiger partial charge in [0.1, 0.15) is 11.5 Å². The van der Waals surface area contributed by atoms with Crippen LogP contribution in [0.25, 0.3) is 10.9 Å². The Morgan fingerprint density at radius 3 is 2.47 bits per heavy atom. The van der Waals surface area contributed by atoms with Crippen molar-refractivity contribution in [1.82, 2.24) is 4.57 Å². The molecule has 0 saturated carbocycles. The Morgan fingerprint density at radius 2 is 1.72 bits per heavy atom. The molecule has 0 fully saturated rings. The van der Waals surface area contributed by atoms with Crippen molar-refractivity contribution in [3.05, 3.63) is 95.4 Å². The zero-order chi connectivity index (χ0) is 22.9. The maximum absolute atomic E-state index is 14.3. The van der Waals surface area contributed by atoms with Crippen LogP contribution >= 0.6 is 0 Å². The summed E-state index contributed by atoms with van der Waals surface area (Å²) in [5.41, 5.74) is 3.20. The van der Waals surface area contributed by atoms with E-state index in [2.05, 4.69) is 10.0 Å². The number of fused-ring (bicyclic) bond motifs is 1. The van der Waals surface area contributed by atoms with E-state index < -0.39 is 10.0 Å². The van der Waals surface area contributed by atoms with E-state index in [1.165, 1.54) is 6.07 Å². The molecule has 4 rings (SSSR count). The predicted molar refractivity (Wildman–Crippen MR) is 125 cm³/mol. The Bertz CT molecular complexity index is 1430. The maximum Gasteiger partial charge on any atom is 0.272 e. The molecular formula is C24H22FN3O3S. The highest BCUT2D eigenvalue weighted by Gasteiger charge is 2.17. The fraction of sp³-hybridized carbons (Fsp3) is 0.125. The van der Waals surface area contributed by atoms with Gasteiger partial charge in [-0.25, -0.2) is 12.8 Å². The van der Waals surface area contributed by atoms with Crippen LogP contribution < -0.4 is 10.0 Å². The summed E-state index contributed by atoms with van der Waals surface area (Å²) >= 11 is 0. The van der Waals surface area contributed by atoms with Crippen molar-refractivity contribution in [2.45, 2.75) is 13.5 Å². The van der Waals surface area contributed by atoms with Gasteiger partial charge in [0.05, 0.1) is 18.5 Å². The molecule has 3 aromatic carbocycles. The Balaban J connectivity index is 1.70. The molecular weight excluding hydrogens is 429 g/mol. The van der Waals surface area contributed by atoms with Crippen LogP contribution in [0.3, 0.4) is 0 Å². The number of carbonyl (C=O) groups is 1. The summed E-state index contributed by atoms with van der Waals surface area (Å²) in [6, 6.07) is 20.7. The molecule has 0 aliphatic heterocycles. The minimum absolute atomic E-state index is 0.192. The van der Waals surface area contributed by atoms with Crippen LogP contribution in [0.5, 0.6) is 0 Å². The van der Waals surface area contributed by atoms with E-state index in [9.17, 15) is 17.6 Å². The number of hydrogen-bond donors (Lipinski definition) is 2. The fourth-order valence-corrected chi connectivity index (χ4v) is 4.19. The molecule has 6 nitrogen and oxygen atoms in total. The molecule has 2 N–H and O–H groups in total. The van der Waals surface area contributed by atoms with Gasteiger partial charge in [0.25, 0.3) is 5.91 Å². The molecule has 1 amide bonds. The van der Waals surface area contributed by atoms with Crippen molar-refractivity contribution in [1.29, 1.82) is 0 Å². The summed E-state index contributed by atoms with van der Waals surface area (Å²) in [5.74, 6) is -0.724. The quantitative estimate of drug-likeness (QED) is 0.444. The minimum Gasteiger partial charge on any atom is -0.332 e. The van der Waals surface area contributed by atoms with Gasteiger partial charge >= 0.3 is 0 Å². The molecule has 4 aromatic rings. The Kier molecular flexibility index (Phi) is 5.71. The first-order valence-corrected chi connectivity index (χ1v) is 11.8. The van der Waals surface area contributed by atoms with E-state index in [0.717, 1.165) is 22.7 Å². The van der Waals surface area contributed by atoms with E-state index in [1.54, 1.807) is 54.0 Å². The molecule has 1 aromatic heterocycles. The van der Waals surface area contributed by atoms with Crippen molar-refractivity contribution >= 4 is 38.2 Å². The van der Waals surface area contributed by atoms with Crippen molar-refractivity contribution in [2.75, 3.05) is 16.3 Å². The van der Waals surface area contributed by atoms with E-state index in [-0.39, 0.29) is 18.3 Å². The Morgan fingerprint density at radius 1 is 1.00 bits per heavy atom. The van der Waals surface area contributed by atoms with E-state index >= 15 is 0 Å². The monoisotopic (exact) mass is 451 g/mol. The molecule has 0 saturated heterocycles. The third kappa shape index (κ3) is 4.65. The third-order valence-electron chi connectivity index (χ3n) is 5.12. The smallest absolute Gasteiger partial charge is 0.272 e.